The Morgan fingerprint density at radius 1 is 1.28 bits per heavy atom. The first-order chi connectivity index (χ1) is 15.0. The Hall–Kier alpha value is -3.26. The van der Waals surface area contributed by atoms with E-state index in [1.54, 1.807) is 14.1 Å². The Balaban J connectivity index is 1.96. The highest BCUT2D eigenvalue weighted by atomic mass is 16.3. The van der Waals surface area contributed by atoms with Crippen molar-refractivity contribution < 1.29 is 34.8 Å². The molecule has 1 saturated carbocycles. The van der Waals surface area contributed by atoms with Crippen LogP contribution in [0.5, 0.6) is 5.75 Å². The minimum absolute atomic E-state index is 0.0126. The maximum Gasteiger partial charge on any atom is 0.230 e. The van der Waals surface area contributed by atoms with Gasteiger partial charge in [0.1, 0.15) is 17.4 Å². The highest BCUT2D eigenvalue weighted by Crippen LogP contribution is 2.52. The van der Waals surface area contributed by atoms with Crippen molar-refractivity contribution in [1.29, 1.82) is 5.26 Å². The summed E-state index contributed by atoms with van der Waals surface area (Å²) in [5.74, 6) is -7.92. The number of hydrogen-bond acceptors (Lipinski definition) is 9. The van der Waals surface area contributed by atoms with Gasteiger partial charge in [0.2, 0.25) is 5.91 Å². The normalized spacial score (nSPS) is 33.9. The van der Waals surface area contributed by atoms with E-state index in [4.69, 9.17) is 5.73 Å². The van der Waals surface area contributed by atoms with Crippen molar-refractivity contribution in [2.24, 2.45) is 23.5 Å². The summed E-state index contributed by atoms with van der Waals surface area (Å²) in [5.41, 5.74) is 2.83. The second-order valence-electron chi connectivity index (χ2n) is 8.89. The molecule has 6 atom stereocenters. The molecule has 2 unspecified atom stereocenters. The van der Waals surface area contributed by atoms with Crippen molar-refractivity contribution in [1.82, 2.24) is 4.90 Å². The van der Waals surface area contributed by atoms with Crippen molar-refractivity contribution in [2.75, 3.05) is 14.1 Å². The van der Waals surface area contributed by atoms with Crippen molar-refractivity contribution >= 4 is 17.5 Å². The summed E-state index contributed by atoms with van der Waals surface area (Å²) in [4.78, 5) is 40.0. The zero-order valence-corrected chi connectivity index (χ0v) is 17.4. The molecule has 0 spiro atoms. The van der Waals surface area contributed by atoms with Crippen LogP contribution in [0.15, 0.2) is 23.5 Å². The Kier molecular flexibility index (Phi) is 4.89. The van der Waals surface area contributed by atoms with E-state index in [1.165, 1.54) is 17.0 Å². The quantitative estimate of drug-likeness (QED) is 0.365. The standard InChI is InChI=1S/C22H23N3O7/c1-25(2)16-11-6-9-5-10-8(7-23)3-4-12(26)14(10)17(27)13(9)19(29)22(11,32)20(30)15(18(16)28)21(24)31/h3-4,9,11,15-16,18,26,28-29,32H,5-6H2,1-2H3,(H2,24,31)/t9-,11-,15?,16-,18?,22-/m0/s1. The predicted octanol–water partition coefficient (Wildman–Crippen LogP) is -0.843. The number of likely N-dealkylation sites (N-methyl/N-ethyl adjacent to an activating group) is 1. The number of amides is 1. The average Bonchev–Trinajstić information content (AvgIpc) is 2.70. The van der Waals surface area contributed by atoms with E-state index < -0.39 is 58.7 Å². The number of aliphatic hydroxyl groups is 3. The second-order valence-corrected chi connectivity index (χ2v) is 8.89. The molecule has 0 saturated heterocycles. The third kappa shape index (κ3) is 2.65. The number of allylic oxidation sites excluding steroid dienone is 1. The average molecular weight is 441 g/mol. The maximum atomic E-state index is 13.3. The van der Waals surface area contributed by atoms with E-state index in [-0.39, 0.29) is 35.3 Å². The number of primary amides is 1. The number of fused-ring (bicyclic) bond motifs is 3. The van der Waals surface area contributed by atoms with Crippen molar-refractivity contribution in [3.8, 4) is 11.8 Å². The van der Waals surface area contributed by atoms with Crippen LogP contribution in [0.25, 0.3) is 0 Å². The second kappa shape index (κ2) is 7.13. The summed E-state index contributed by atoms with van der Waals surface area (Å²) < 4.78 is 0. The van der Waals surface area contributed by atoms with Crippen LogP contribution >= 0.6 is 0 Å². The minimum atomic E-state index is -2.62. The number of Topliss-reactive ketones (excluding diaryl/α,β-unsaturated/α-hetero) is 2. The molecule has 0 aliphatic heterocycles. The molecule has 1 aromatic carbocycles. The van der Waals surface area contributed by atoms with Gasteiger partial charge in [-0.2, -0.15) is 5.26 Å². The molecule has 0 aromatic heterocycles. The molecule has 168 valence electrons. The number of nitriles is 1. The fourth-order valence-electron chi connectivity index (χ4n) is 5.71. The highest BCUT2D eigenvalue weighted by Gasteiger charge is 2.66. The van der Waals surface area contributed by atoms with Gasteiger partial charge >= 0.3 is 0 Å². The molecule has 10 nitrogen and oxygen atoms in total. The third-order valence-electron chi connectivity index (χ3n) is 7.10. The lowest BCUT2D eigenvalue weighted by Gasteiger charge is -2.53. The molecule has 1 fully saturated rings. The van der Waals surface area contributed by atoms with Crippen LogP contribution in [0, 0.1) is 29.1 Å². The molecule has 10 heteroatoms. The Morgan fingerprint density at radius 2 is 1.94 bits per heavy atom. The lowest BCUT2D eigenvalue weighted by Crippen LogP contribution is -2.71. The van der Waals surface area contributed by atoms with Gasteiger partial charge in [-0.15, -0.1) is 0 Å². The Morgan fingerprint density at radius 3 is 2.50 bits per heavy atom. The summed E-state index contributed by atoms with van der Waals surface area (Å²) in [7, 11) is 3.18. The fourth-order valence-corrected chi connectivity index (χ4v) is 5.71. The lowest BCUT2D eigenvalue weighted by molar-refractivity contribution is -0.178. The molecule has 0 radical (unpaired) electrons. The zero-order chi connectivity index (χ0) is 23.7. The first-order valence-electron chi connectivity index (χ1n) is 10.1. The van der Waals surface area contributed by atoms with E-state index in [0.717, 1.165) is 0 Å². The molecular formula is C22H23N3O7. The minimum Gasteiger partial charge on any atom is -0.508 e. The first-order valence-corrected chi connectivity index (χ1v) is 10.1. The SMILES string of the molecule is CN(C)[C@@H]1C(O)C(C(N)=O)C(=O)[C@@]2(O)C(O)=C3C(=O)c4c(O)ccc(C#N)c4C[C@H]3C[C@@H]12. The van der Waals surface area contributed by atoms with E-state index >= 15 is 0 Å². The van der Waals surface area contributed by atoms with Gasteiger partial charge in [-0.05, 0) is 50.6 Å². The first kappa shape index (κ1) is 22.0. The summed E-state index contributed by atoms with van der Waals surface area (Å²) >= 11 is 0. The number of benzene rings is 1. The molecule has 0 bridgehead atoms. The summed E-state index contributed by atoms with van der Waals surface area (Å²) in [5, 5.41) is 53.1. The van der Waals surface area contributed by atoms with Crippen LogP contribution in [-0.2, 0) is 16.0 Å². The zero-order valence-electron chi connectivity index (χ0n) is 17.4. The van der Waals surface area contributed by atoms with Crippen LogP contribution < -0.4 is 5.73 Å². The number of carbonyl (C=O) groups is 3. The third-order valence-corrected chi connectivity index (χ3v) is 7.10. The van der Waals surface area contributed by atoms with Gasteiger partial charge in [-0.25, -0.2) is 0 Å². The van der Waals surface area contributed by atoms with Gasteiger partial charge in [0, 0.05) is 17.5 Å². The predicted molar refractivity (Wildman–Crippen MR) is 108 cm³/mol. The van der Waals surface area contributed by atoms with Crippen molar-refractivity contribution in [3.63, 3.8) is 0 Å². The number of phenolic OH excluding ortho intramolecular Hbond substituents is 1. The number of nitrogens with two attached hydrogens (primary N) is 1. The van der Waals surface area contributed by atoms with E-state index in [1.807, 2.05) is 6.07 Å². The van der Waals surface area contributed by atoms with Crippen molar-refractivity contribution in [2.45, 2.75) is 30.6 Å². The molecule has 3 aliphatic carbocycles. The number of aliphatic hydroxyl groups excluding tert-OH is 2. The van der Waals surface area contributed by atoms with Gasteiger partial charge in [-0.1, -0.05) is 0 Å². The van der Waals surface area contributed by atoms with Gasteiger partial charge in [0.05, 0.1) is 23.3 Å². The largest absolute Gasteiger partial charge is 0.508 e. The number of ketones is 2. The van der Waals surface area contributed by atoms with Crippen LogP contribution in [0.3, 0.4) is 0 Å². The Labute approximate surface area is 183 Å². The number of aromatic hydroxyl groups is 1. The number of nitrogens with zero attached hydrogens (tertiary/aromatic N) is 2. The number of hydrogen-bond donors (Lipinski definition) is 5. The molecular weight excluding hydrogens is 418 g/mol. The van der Waals surface area contributed by atoms with Crippen LogP contribution in [-0.4, -0.2) is 74.6 Å². The maximum absolute atomic E-state index is 13.3. The molecule has 32 heavy (non-hydrogen) atoms. The van der Waals surface area contributed by atoms with E-state index in [9.17, 15) is 40.1 Å². The molecule has 6 N–H and O–H groups in total. The highest BCUT2D eigenvalue weighted by molar-refractivity contribution is 6.15. The Bertz CT molecular complexity index is 1140. The summed E-state index contributed by atoms with van der Waals surface area (Å²) in [6.45, 7) is 0. The monoisotopic (exact) mass is 441 g/mol. The van der Waals surface area contributed by atoms with E-state index in [0.29, 0.717) is 5.56 Å². The van der Waals surface area contributed by atoms with Crippen LogP contribution in [0.4, 0.5) is 0 Å². The van der Waals surface area contributed by atoms with Gasteiger partial charge < -0.3 is 31.1 Å². The van der Waals surface area contributed by atoms with Crippen LogP contribution in [0.2, 0.25) is 0 Å². The molecule has 0 heterocycles. The van der Waals surface area contributed by atoms with Gasteiger partial charge in [-0.3, -0.25) is 14.4 Å². The lowest BCUT2D eigenvalue weighted by atomic mass is 9.56. The molecule has 4 rings (SSSR count). The fraction of sp³-hybridized carbons (Fsp3) is 0.455. The van der Waals surface area contributed by atoms with Crippen molar-refractivity contribution in [3.05, 3.63) is 40.2 Å². The van der Waals surface area contributed by atoms with Crippen LogP contribution in [0.1, 0.15) is 27.9 Å². The molecule has 1 aromatic rings. The van der Waals surface area contributed by atoms with Gasteiger partial charge in [0.25, 0.3) is 0 Å². The van der Waals surface area contributed by atoms with Gasteiger partial charge in [0.15, 0.2) is 17.2 Å². The number of rotatable bonds is 2. The topological polar surface area (TPSA) is 185 Å². The smallest absolute Gasteiger partial charge is 0.230 e. The summed E-state index contributed by atoms with van der Waals surface area (Å²) in [6, 6.07) is 3.64. The number of carbonyl (C=O) groups excluding carboxylic acids is 3. The summed E-state index contributed by atoms with van der Waals surface area (Å²) in [6.07, 6.45) is -1.41. The molecule has 1 amide bonds. The molecule has 3 aliphatic rings. The van der Waals surface area contributed by atoms with E-state index in [2.05, 4.69) is 0 Å². The number of phenols is 1.